The molecule has 8 heteroatoms. The number of halogens is 4. The lowest BCUT2D eigenvalue weighted by Crippen LogP contribution is -2.25. The Balaban J connectivity index is 1.87. The summed E-state index contributed by atoms with van der Waals surface area (Å²) >= 11 is 0. The fourth-order valence-corrected chi connectivity index (χ4v) is 3.12. The van der Waals surface area contributed by atoms with Gasteiger partial charge >= 0.3 is 0 Å². The lowest BCUT2D eigenvalue weighted by Gasteiger charge is -2.24. The average Bonchev–Trinajstić information content (AvgIpc) is 3.00. The van der Waals surface area contributed by atoms with Gasteiger partial charge in [0.15, 0.2) is 17.5 Å². The van der Waals surface area contributed by atoms with Crippen molar-refractivity contribution in [2.24, 2.45) is 0 Å². The summed E-state index contributed by atoms with van der Waals surface area (Å²) in [6.45, 7) is 0. The molecule has 3 aromatic rings. The first-order valence-electron chi connectivity index (χ1n) is 7.73. The second-order valence-corrected chi connectivity index (χ2v) is 5.90. The summed E-state index contributed by atoms with van der Waals surface area (Å²) in [4.78, 5) is 12.1. The molecule has 132 valence electrons. The van der Waals surface area contributed by atoms with Crippen LogP contribution in [0.4, 0.5) is 23.4 Å². The molecule has 0 fully saturated rings. The van der Waals surface area contributed by atoms with E-state index in [-0.39, 0.29) is 23.5 Å². The van der Waals surface area contributed by atoms with Gasteiger partial charge in [0, 0.05) is 24.0 Å². The number of hydrogen-bond acceptors (Lipinski definition) is 2. The van der Waals surface area contributed by atoms with E-state index in [1.807, 2.05) is 0 Å². The van der Waals surface area contributed by atoms with Gasteiger partial charge in [-0.05, 0) is 23.8 Å². The Morgan fingerprint density at radius 1 is 1.04 bits per heavy atom. The van der Waals surface area contributed by atoms with Crippen LogP contribution in [0.2, 0.25) is 0 Å². The van der Waals surface area contributed by atoms with E-state index < -0.39 is 35.1 Å². The van der Waals surface area contributed by atoms with Crippen LogP contribution >= 0.6 is 0 Å². The van der Waals surface area contributed by atoms with Gasteiger partial charge in [-0.2, -0.15) is 5.10 Å². The highest BCUT2D eigenvalue weighted by molar-refractivity contribution is 5.94. The van der Waals surface area contributed by atoms with Gasteiger partial charge in [0.1, 0.15) is 17.3 Å². The molecule has 0 spiro atoms. The van der Waals surface area contributed by atoms with Crippen LogP contribution in [0, 0.1) is 23.3 Å². The number of amides is 1. The molecule has 0 aliphatic carbocycles. The quantitative estimate of drug-likeness (QED) is 0.704. The molecule has 2 aromatic carbocycles. The molecular formula is C18H11F4N3O. The number of nitrogens with one attached hydrogen (secondary N) is 1. The first-order chi connectivity index (χ1) is 12.5. The Bertz CT molecular complexity index is 1030. The van der Waals surface area contributed by atoms with Crippen molar-refractivity contribution in [2.45, 2.75) is 12.3 Å². The van der Waals surface area contributed by atoms with E-state index in [4.69, 9.17) is 0 Å². The number of carbonyl (C=O) groups excluding carboxylic acids is 1. The maximum absolute atomic E-state index is 14.2. The van der Waals surface area contributed by atoms with Crippen molar-refractivity contribution < 1.29 is 22.4 Å². The third-order valence-electron chi connectivity index (χ3n) is 4.32. The average molecular weight is 361 g/mol. The molecule has 2 heterocycles. The summed E-state index contributed by atoms with van der Waals surface area (Å²) in [7, 11) is 0. The molecule has 0 saturated carbocycles. The molecule has 1 aliphatic rings. The smallest absolute Gasteiger partial charge is 0.226 e. The molecule has 1 aliphatic heterocycles. The van der Waals surface area contributed by atoms with Crippen LogP contribution in [0.5, 0.6) is 0 Å². The van der Waals surface area contributed by atoms with E-state index in [1.54, 1.807) is 0 Å². The zero-order valence-corrected chi connectivity index (χ0v) is 13.1. The van der Waals surface area contributed by atoms with E-state index in [0.717, 1.165) is 16.8 Å². The Morgan fingerprint density at radius 3 is 2.62 bits per heavy atom. The standard InChI is InChI=1S/C18H11F4N3O/c19-9-4-5-15(14(21)6-9)25-18-12(8-23-25)11(7-16(26)24-18)10-2-1-3-13(20)17(10)22/h1-6,8,11H,7H2,(H,24,26). The van der Waals surface area contributed by atoms with Crippen molar-refractivity contribution in [3.8, 4) is 5.69 Å². The highest BCUT2D eigenvalue weighted by atomic mass is 19.2. The number of fused-ring (bicyclic) bond motifs is 1. The first kappa shape index (κ1) is 16.3. The van der Waals surface area contributed by atoms with Crippen LogP contribution in [0.15, 0.2) is 42.6 Å². The van der Waals surface area contributed by atoms with Gasteiger partial charge in [-0.25, -0.2) is 22.2 Å². The molecule has 1 unspecified atom stereocenters. The molecule has 1 amide bonds. The number of rotatable bonds is 2. The Morgan fingerprint density at radius 2 is 1.85 bits per heavy atom. The molecule has 1 N–H and O–H groups in total. The van der Waals surface area contributed by atoms with Crippen molar-refractivity contribution in [3.63, 3.8) is 0 Å². The topological polar surface area (TPSA) is 46.9 Å². The molecule has 26 heavy (non-hydrogen) atoms. The molecule has 0 radical (unpaired) electrons. The van der Waals surface area contributed by atoms with Gasteiger partial charge in [-0.3, -0.25) is 4.79 Å². The van der Waals surface area contributed by atoms with E-state index in [0.29, 0.717) is 11.6 Å². The fourth-order valence-electron chi connectivity index (χ4n) is 3.12. The largest absolute Gasteiger partial charge is 0.310 e. The third kappa shape index (κ3) is 2.54. The zero-order valence-electron chi connectivity index (χ0n) is 13.1. The minimum absolute atomic E-state index is 0.0141. The molecule has 4 nitrogen and oxygen atoms in total. The molecule has 1 aromatic heterocycles. The summed E-state index contributed by atoms with van der Waals surface area (Å²) in [6, 6.07) is 6.65. The third-order valence-corrected chi connectivity index (χ3v) is 4.32. The second-order valence-electron chi connectivity index (χ2n) is 5.90. The summed E-state index contributed by atoms with van der Waals surface area (Å²) in [5.74, 6) is -4.77. The van der Waals surface area contributed by atoms with E-state index >= 15 is 0 Å². The monoisotopic (exact) mass is 361 g/mol. The van der Waals surface area contributed by atoms with Gasteiger partial charge in [-0.15, -0.1) is 0 Å². The van der Waals surface area contributed by atoms with Gasteiger partial charge in [0.2, 0.25) is 5.91 Å². The molecule has 0 bridgehead atoms. The van der Waals surface area contributed by atoms with Crippen LogP contribution in [-0.4, -0.2) is 15.7 Å². The number of carbonyl (C=O) groups is 1. The van der Waals surface area contributed by atoms with E-state index in [2.05, 4.69) is 10.4 Å². The van der Waals surface area contributed by atoms with Gasteiger partial charge in [0.25, 0.3) is 0 Å². The summed E-state index contributed by atoms with van der Waals surface area (Å²) < 4.78 is 56.1. The Kier molecular flexibility index (Phi) is 3.75. The van der Waals surface area contributed by atoms with E-state index in [1.165, 1.54) is 24.4 Å². The first-order valence-corrected chi connectivity index (χ1v) is 7.73. The molecule has 4 rings (SSSR count). The maximum atomic E-state index is 14.2. The Hall–Kier alpha value is -3.16. The van der Waals surface area contributed by atoms with Crippen LogP contribution < -0.4 is 5.32 Å². The summed E-state index contributed by atoms with van der Waals surface area (Å²) in [5, 5.41) is 6.61. The fraction of sp³-hybridized carbons (Fsp3) is 0.111. The van der Waals surface area contributed by atoms with Crippen molar-refractivity contribution in [1.29, 1.82) is 0 Å². The van der Waals surface area contributed by atoms with Gasteiger partial charge < -0.3 is 5.32 Å². The van der Waals surface area contributed by atoms with Crippen LogP contribution in [-0.2, 0) is 4.79 Å². The van der Waals surface area contributed by atoms with Gasteiger partial charge in [-0.1, -0.05) is 12.1 Å². The second kappa shape index (κ2) is 5.98. The van der Waals surface area contributed by atoms with Crippen molar-refractivity contribution >= 4 is 11.7 Å². The number of benzene rings is 2. The normalized spacial score (nSPS) is 16.3. The highest BCUT2D eigenvalue weighted by Gasteiger charge is 2.33. The molecule has 0 saturated heterocycles. The van der Waals surface area contributed by atoms with Gasteiger partial charge in [0.05, 0.1) is 6.20 Å². The van der Waals surface area contributed by atoms with Crippen LogP contribution in [0.1, 0.15) is 23.5 Å². The number of nitrogens with zero attached hydrogens (tertiary/aromatic N) is 2. The Labute approximate surface area is 145 Å². The summed E-state index contributed by atoms with van der Waals surface area (Å²) in [6.07, 6.45) is 1.25. The minimum atomic E-state index is -1.04. The predicted molar refractivity (Wildman–Crippen MR) is 84.9 cm³/mol. The molecule has 1 atom stereocenters. The molecular weight excluding hydrogens is 350 g/mol. The highest BCUT2D eigenvalue weighted by Crippen LogP contribution is 2.39. The van der Waals surface area contributed by atoms with Crippen molar-refractivity contribution in [3.05, 3.63) is 77.0 Å². The number of aromatic nitrogens is 2. The minimum Gasteiger partial charge on any atom is -0.310 e. The van der Waals surface area contributed by atoms with E-state index in [9.17, 15) is 22.4 Å². The van der Waals surface area contributed by atoms with Crippen molar-refractivity contribution in [1.82, 2.24) is 9.78 Å². The zero-order chi connectivity index (χ0) is 18.4. The number of anilines is 1. The lowest BCUT2D eigenvalue weighted by atomic mass is 9.87. The van der Waals surface area contributed by atoms with Crippen LogP contribution in [0.3, 0.4) is 0 Å². The van der Waals surface area contributed by atoms with Crippen LogP contribution in [0.25, 0.3) is 5.69 Å². The van der Waals surface area contributed by atoms with Crippen molar-refractivity contribution in [2.75, 3.05) is 5.32 Å². The summed E-state index contributed by atoms with van der Waals surface area (Å²) in [5.41, 5.74) is 0.353. The SMILES string of the molecule is O=C1CC(c2cccc(F)c2F)c2cnn(-c3ccc(F)cc3F)c2N1. The lowest BCUT2D eigenvalue weighted by molar-refractivity contribution is -0.116. The number of hydrogen-bond donors (Lipinski definition) is 1. The predicted octanol–water partition coefficient (Wildman–Crippen LogP) is 3.90. The maximum Gasteiger partial charge on any atom is 0.226 e.